The molecular formula is C26H20O5S. The monoisotopic (exact) mass is 444 g/mol. The van der Waals surface area contributed by atoms with E-state index in [9.17, 15) is 19.2 Å². The Hall–Kier alpha value is -3.51. The number of carbonyl (C=O) groups is 4. The summed E-state index contributed by atoms with van der Waals surface area (Å²) in [6.07, 6.45) is 0.825. The summed E-state index contributed by atoms with van der Waals surface area (Å²) in [4.78, 5) is 50.4. The zero-order valence-electron chi connectivity index (χ0n) is 17.2. The highest BCUT2D eigenvalue weighted by molar-refractivity contribution is 8.13. The van der Waals surface area contributed by atoms with Crippen molar-refractivity contribution >= 4 is 34.4 Å². The summed E-state index contributed by atoms with van der Waals surface area (Å²) >= 11 is 1.16. The molecule has 1 aliphatic carbocycles. The Morgan fingerprint density at radius 2 is 1.34 bits per heavy atom. The summed E-state index contributed by atoms with van der Waals surface area (Å²) in [5, 5.41) is 0.00199. The molecule has 0 saturated carbocycles. The first-order valence-electron chi connectivity index (χ1n) is 10.3. The van der Waals surface area contributed by atoms with Crippen LogP contribution in [-0.4, -0.2) is 22.7 Å². The van der Waals surface area contributed by atoms with Crippen molar-refractivity contribution in [2.24, 2.45) is 0 Å². The van der Waals surface area contributed by atoms with Gasteiger partial charge in [0.1, 0.15) is 6.61 Å². The van der Waals surface area contributed by atoms with E-state index in [1.807, 2.05) is 30.3 Å². The van der Waals surface area contributed by atoms with Crippen molar-refractivity contribution in [2.45, 2.75) is 30.8 Å². The molecule has 0 N–H and O–H groups in total. The van der Waals surface area contributed by atoms with E-state index < -0.39 is 5.97 Å². The van der Waals surface area contributed by atoms with Gasteiger partial charge in [0.05, 0.1) is 0 Å². The minimum atomic E-state index is -0.409. The number of fused-ring (bicyclic) bond motifs is 2. The van der Waals surface area contributed by atoms with Crippen LogP contribution in [0.1, 0.15) is 56.7 Å². The predicted octanol–water partition coefficient (Wildman–Crippen LogP) is 4.99. The Balaban J connectivity index is 1.29. The summed E-state index contributed by atoms with van der Waals surface area (Å²) in [5.74, 6) is -0.803. The van der Waals surface area contributed by atoms with E-state index in [-0.39, 0.29) is 36.1 Å². The highest BCUT2D eigenvalue weighted by Gasteiger charge is 2.29. The Kier molecular flexibility index (Phi) is 6.61. The topological polar surface area (TPSA) is 77.5 Å². The molecule has 0 unspecified atom stereocenters. The lowest BCUT2D eigenvalue weighted by Crippen LogP contribution is -2.21. The SMILES string of the molecule is O=C(CCCC(=O)Sc1ccccc1)OCc1ccc2c(c1)C(=O)c1ccccc1C2=O. The maximum atomic E-state index is 12.8. The van der Waals surface area contributed by atoms with Crippen LogP contribution < -0.4 is 0 Å². The van der Waals surface area contributed by atoms with Gasteiger partial charge in [-0.2, -0.15) is 0 Å². The number of esters is 1. The van der Waals surface area contributed by atoms with Crippen molar-refractivity contribution in [1.29, 1.82) is 0 Å². The van der Waals surface area contributed by atoms with Gasteiger partial charge in [0.15, 0.2) is 16.7 Å². The molecule has 32 heavy (non-hydrogen) atoms. The fraction of sp³-hybridized carbons (Fsp3) is 0.154. The molecule has 0 heterocycles. The summed E-state index contributed by atoms with van der Waals surface area (Å²) in [6.45, 7) is 0.00193. The van der Waals surface area contributed by atoms with Crippen LogP contribution in [0.25, 0.3) is 0 Å². The number of hydrogen-bond donors (Lipinski definition) is 0. The predicted molar refractivity (Wildman–Crippen MR) is 121 cm³/mol. The first-order valence-corrected chi connectivity index (χ1v) is 11.1. The normalized spacial score (nSPS) is 12.1. The van der Waals surface area contributed by atoms with Gasteiger partial charge in [0.2, 0.25) is 0 Å². The minimum Gasteiger partial charge on any atom is -0.461 e. The van der Waals surface area contributed by atoms with E-state index in [0.717, 1.165) is 16.7 Å². The van der Waals surface area contributed by atoms with Crippen molar-refractivity contribution < 1.29 is 23.9 Å². The lowest BCUT2D eigenvalue weighted by molar-refractivity contribution is -0.145. The molecule has 0 saturated heterocycles. The summed E-state index contributed by atoms with van der Waals surface area (Å²) < 4.78 is 5.30. The molecule has 160 valence electrons. The van der Waals surface area contributed by atoms with Crippen LogP contribution in [0, 0.1) is 0 Å². The van der Waals surface area contributed by atoms with Gasteiger partial charge in [0.25, 0.3) is 0 Å². The van der Waals surface area contributed by atoms with E-state index in [4.69, 9.17) is 4.74 Å². The molecule has 0 radical (unpaired) electrons. The van der Waals surface area contributed by atoms with Crippen molar-refractivity contribution in [1.82, 2.24) is 0 Å². The Bertz CT molecular complexity index is 1200. The third kappa shape index (κ3) is 4.86. The smallest absolute Gasteiger partial charge is 0.306 e. The third-order valence-electron chi connectivity index (χ3n) is 5.13. The molecule has 4 rings (SSSR count). The lowest BCUT2D eigenvalue weighted by atomic mass is 9.83. The lowest BCUT2D eigenvalue weighted by Gasteiger charge is -2.18. The summed E-state index contributed by atoms with van der Waals surface area (Å²) in [6, 6.07) is 21.0. The van der Waals surface area contributed by atoms with Gasteiger partial charge in [-0.25, -0.2) is 0 Å². The second-order valence-electron chi connectivity index (χ2n) is 7.39. The minimum absolute atomic E-state index is 0.00193. The second-order valence-corrected chi connectivity index (χ2v) is 8.52. The van der Waals surface area contributed by atoms with Crippen LogP contribution in [0.3, 0.4) is 0 Å². The van der Waals surface area contributed by atoms with Crippen molar-refractivity contribution in [3.63, 3.8) is 0 Å². The van der Waals surface area contributed by atoms with Crippen LogP contribution >= 0.6 is 11.8 Å². The molecule has 3 aromatic rings. The van der Waals surface area contributed by atoms with Crippen LogP contribution in [0.4, 0.5) is 0 Å². The van der Waals surface area contributed by atoms with Crippen molar-refractivity contribution in [3.05, 3.63) is 101 Å². The van der Waals surface area contributed by atoms with Crippen LogP contribution in [-0.2, 0) is 20.9 Å². The van der Waals surface area contributed by atoms with Gasteiger partial charge in [-0.15, -0.1) is 0 Å². The number of ether oxygens (including phenoxy) is 1. The highest BCUT2D eigenvalue weighted by Crippen LogP contribution is 2.28. The number of ketones is 2. The van der Waals surface area contributed by atoms with Gasteiger partial charge in [-0.1, -0.05) is 60.3 Å². The maximum absolute atomic E-state index is 12.8. The van der Waals surface area contributed by atoms with E-state index in [0.29, 0.717) is 34.2 Å². The van der Waals surface area contributed by atoms with Crippen LogP contribution in [0.15, 0.2) is 77.7 Å². The Morgan fingerprint density at radius 1 is 0.719 bits per heavy atom. The molecule has 5 nitrogen and oxygen atoms in total. The number of benzene rings is 3. The van der Waals surface area contributed by atoms with Gasteiger partial charge < -0.3 is 4.74 Å². The average molecular weight is 445 g/mol. The van der Waals surface area contributed by atoms with Gasteiger partial charge in [0, 0.05) is 40.0 Å². The molecule has 0 bridgehead atoms. The van der Waals surface area contributed by atoms with Crippen LogP contribution in [0.5, 0.6) is 0 Å². The van der Waals surface area contributed by atoms with Crippen molar-refractivity contribution in [2.75, 3.05) is 0 Å². The average Bonchev–Trinajstić information content (AvgIpc) is 2.82. The van der Waals surface area contributed by atoms with Gasteiger partial charge >= 0.3 is 5.97 Å². The first kappa shape index (κ1) is 21.7. The first-order chi connectivity index (χ1) is 15.5. The number of rotatable bonds is 7. The molecule has 3 aromatic carbocycles. The van der Waals surface area contributed by atoms with E-state index in [2.05, 4.69) is 0 Å². The number of carbonyl (C=O) groups excluding carboxylic acids is 4. The Labute approximate surface area is 189 Å². The molecule has 1 aliphatic rings. The van der Waals surface area contributed by atoms with E-state index in [1.165, 1.54) is 0 Å². The van der Waals surface area contributed by atoms with Gasteiger partial charge in [-0.3, -0.25) is 19.2 Å². The Morgan fingerprint density at radius 3 is 2.06 bits per heavy atom. The maximum Gasteiger partial charge on any atom is 0.306 e. The number of thioether (sulfide) groups is 1. The van der Waals surface area contributed by atoms with Gasteiger partial charge in [-0.05, 0) is 36.2 Å². The second kappa shape index (κ2) is 9.75. The molecular weight excluding hydrogens is 424 g/mol. The van der Waals surface area contributed by atoms with Crippen molar-refractivity contribution in [3.8, 4) is 0 Å². The molecule has 6 heteroatoms. The van der Waals surface area contributed by atoms with E-state index >= 15 is 0 Å². The summed E-state index contributed by atoms with van der Waals surface area (Å²) in [7, 11) is 0. The fourth-order valence-electron chi connectivity index (χ4n) is 3.52. The van der Waals surface area contributed by atoms with E-state index in [1.54, 1.807) is 42.5 Å². The largest absolute Gasteiger partial charge is 0.461 e. The standard InChI is InChI=1S/C26H20O5S/c27-23(11-6-12-24(28)32-18-7-2-1-3-8-18)31-16-17-13-14-21-22(15-17)26(30)20-10-5-4-9-19(20)25(21)29/h1-5,7-10,13-15H,6,11-12,16H2. The molecule has 0 amide bonds. The molecule has 0 fully saturated rings. The third-order valence-corrected chi connectivity index (χ3v) is 6.07. The summed E-state index contributed by atoms with van der Waals surface area (Å²) in [5.41, 5.74) is 2.11. The molecule has 0 spiro atoms. The number of hydrogen-bond acceptors (Lipinski definition) is 6. The zero-order chi connectivity index (χ0) is 22.5. The fourth-order valence-corrected chi connectivity index (χ4v) is 4.32. The molecule has 0 atom stereocenters. The van der Waals surface area contributed by atoms with Crippen LogP contribution in [0.2, 0.25) is 0 Å². The molecule has 0 aromatic heterocycles. The quantitative estimate of drug-likeness (QED) is 0.295. The highest BCUT2D eigenvalue weighted by atomic mass is 32.2. The molecule has 0 aliphatic heterocycles. The zero-order valence-corrected chi connectivity index (χ0v) is 18.0.